The number of morpholine rings is 1. The first-order valence-corrected chi connectivity index (χ1v) is 22.3. The average Bonchev–Trinajstić information content (AvgIpc) is 3.69. The summed E-state index contributed by atoms with van der Waals surface area (Å²) in [5, 5.41) is 9.44. The number of nitrogens with one attached hydrogen (secondary N) is 1. The zero-order valence-electron chi connectivity index (χ0n) is 34.5. The Balaban J connectivity index is 1.58. The van der Waals surface area contributed by atoms with Gasteiger partial charge in [-0.2, -0.15) is 9.57 Å². The van der Waals surface area contributed by atoms with Crippen LogP contribution in [0.4, 0.5) is 0 Å². The highest BCUT2D eigenvalue weighted by Gasteiger charge is 2.69. The number of rotatable bonds is 18. The van der Waals surface area contributed by atoms with Gasteiger partial charge in [0.2, 0.25) is 10.0 Å². The summed E-state index contributed by atoms with van der Waals surface area (Å²) in [6, 6.07) is 25.5. The summed E-state index contributed by atoms with van der Waals surface area (Å²) in [5.41, 5.74) is -1.83. The number of sulfonamides is 1. The number of hydrogen-bond donors (Lipinski definition) is 1. The van der Waals surface area contributed by atoms with Crippen molar-refractivity contribution in [1.82, 2.24) is 18.5 Å². The second kappa shape index (κ2) is 18.0. The van der Waals surface area contributed by atoms with Gasteiger partial charge in [0.15, 0.2) is 6.23 Å². The van der Waals surface area contributed by atoms with Gasteiger partial charge in [0.25, 0.3) is 14.1 Å². The molecule has 0 amide bonds. The van der Waals surface area contributed by atoms with Crippen molar-refractivity contribution in [2.45, 2.75) is 82.7 Å². The second-order valence-electron chi connectivity index (χ2n) is 15.2. The molecule has 1 unspecified atom stereocenters. The molecule has 15 nitrogen and oxygen atoms in total. The molecule has 0 spiro atoms. The fraction of sp³-hybridized carbons (Fsp3) is 0.452. The first-order chi connectivity index (χ1) is 28.1. The summed E-state index contributed by atoms with van der Waals surface area (Å²) in [6.07, 6.45) is 0.211. The van der Waals surface area contributed by atoms with Crippen LogP contribution in [0.15, 0.2) is 94.6 Å². The minimum atomic E-state index is -4.00. The Labute approximate surface area is 346 Å². The van der Waals surface area contributed by atoms with Crippen LogP contribution in [0.25, 0.3) is 0 Å². The number of aromatic amines is 1. The molecule has 5 atom stereocenters. The van der Waals surface area contributed by atoms with E-state index in [2.05, 4.69) is 11.1 Å². The van der Waals surface area contributed by atoms with Crippen LogP contribution < -0.4 is 20.7 Å². The third-order valence-electron chi connectivity index (χ3n) is 10.7. The van der Waals surface area contributed by atoms with Crippen molar-refractivity contribution >= 4 is 18.5 Å². The third kappa shape index (κ3) is 8.75. The van der Waals surface area contributed by atoms with Gasteiger partial charge in [-0.25, -0.2) is 17.9 Å². The lowest BCUT2D eigenvalue weighted by atomic mass is 9.79. The minimum absolute atomic E-state index is 0.0593. The van der Waals surface area contributed by atoms with Gasteiger partial charge in [-0.15, -0.1) is 0 Å². The molecule has 0 aliphatic carbocycles. The summed E-state index contributed by atoms with van der Waals surface area (Å²) < 4.78 is 71.1. The van der Waals surface area contributed by atoms with Crippen molar-refractivity contribution in [3.8, 4) is 17.6 Å². The zero-order valence-corrected chi connectivity index (χ0v) is 36.2. The van der Waals surface area contributed by atoms with Crippen LogP contribution >= 0.6 is 8.53 Å². The quantitative estimate of drug-likeness (QED) is 0.0764. The van der Waals surface area contributed by atoms with Crippen molar-refractivity contribution in [2.24, 2.45) is 0 Å². The van der Waals surface area contributed by atoms with Crippen LogP contribution in [-0.4, -0.2) is 97.0 Å². The molecule has 6 rings (SSSR count). The summed E-state index contributed by atoms with van der Waals surface area (Å²) >= 11 is 0. The Hall–Kier alpha value is -4.43. The maximum Gasteiger partial charge on any atom is 0.330 e. The molecule has 3 heterocycles. The van der Waals surface area contributed by atoms with E-state index < -0.39 is 59.4 Å². The molecule has 2 fully saturated rings. The van der Waals surface area contributed by atoms with Crippen LogP contribution in [0, 0.1) is 18.3 Å². The monoisotopic (exact) mass is 849 g/mol. The summed E-state index contributed by atoms with van der Waals surface area (Å²) in [5.74, 6) is 1.27. The normalized spacial score (nSPS) is 21.3. The summed E-state index contributed by atoms with van der Waals surface area (Å²) in [4.78, 5) is 28.5. The van der Waals surface area contributed by atoms with E-state index in [1.165, 1.54) is 15.1 Å². The average molecular weight is 850 g/mol. The molecule has 17 heteroatoms. The number of fused-ring (bicyclic) bond motifs is 2. The predicted octanol–water partition coefficient (Wildman–Crippen LogP) is 5.44. The van der Waals surface area contributed by atoms with Crippen LogP contribution in [-0.2, 0) is 34.1 Å². The number of nitrogens with zero attached hydrogens (tertiary/aromatic N) is 4. The maximum absolute atomic E-state index is 13.9. The lowest BCUT2D eigenvalue weighted by Gasteiger charge is -2.42. The van der Waals surface area contributed by atoms with E-state index in [-0.39, 0.29) is 43.8 Å². The van der Waals surface area contributed by atoms with E-state index >= 15 is 0 Å². The van der Waals surface area contributed by atoms with Crippen molar-refractivity contribution in [1.29, 1.82) is 5.26 Å². The molecule has 0 radical (unpaired) electrons. The number of H-pyrrole nitrogens is 1. The first kappa shape index (κ1) is 44.1. The Morgan fingerprint density at radius 2 is 1.51 bits per heavy atom. The van der Waals surface area contributed by atoms with Crippen molar-refractivity contribution in [3.05, 3.63) is 128 Å². The minimum Gasteiger partial charge on any atom is -0.497 e. The van der Waals surface area contributed by atoms with Gasteiger partial charge in [-0.1, -0.05) is 54.6 Å². The van der Waals surface area contributed by atoms with E-state index in [0.717, 1.165) is 22.9 Å². The number of methoxy groups -OCH3 is 2. The summed E-state index contributed by atoms with van der Waals surface area (Å²) in [7, 11) is -2.79. The molecule has 2 bridgehead atoms. The lowest BCUT2D eigenvalue weighted by molar-refractivity contribution is -0.169. The van der Waals surface area contributed by atoms with E-state index in [1.54, 1.807) is 21.1 Å². The third-order valence-corrected chi connectivity index (χ3v) is 14.0. The number of nitriles is 1. The van der Waals surface area contributed by atoms with E-state index in [9.17, 15) is 23.3 Å². The smallest absolute Gasteiger partial charge is 0.330 e. The van der Waals surface area contributed by atoms with Gasteiger partial charge >= 0.3 is 5.69 Å². The molecule has 2 aliphatic heterocycles. The van der Waals surface area contributed by atoms with Crippen LogP contribution in [0.5, 0.6) is 11.5 Å². The van der Waals surface area contributed by atoms with Gasteiger partial charge < -0.3 is 28.0 Å². The molecule has 4 aromatic rings. The van der Waals surface area contributed by atoms with E-state index in [0.29, 0.717) is 11.5 Å². The van der Waals surface area contributed by atoms with Crippen LogP contribution in [0.3, 0.4) is 0 Å². The predicted molar refractivity (Wildman–Crippen MR) is 223 cm³/mol. The fourth-order valence-corrected chi connectivity index (χ4v) is 10.9. The molecule has 2 saturated heterocycles. The highest BCUT2D eigenvalue weighted by molar-refractivity contribution is 7.88. The van der Waals surface area contributed by atoms with Crippen molar-refractivity contribution in [3.63, 3.8) is 0 Å². The second-order valence-corrected chi connectivity index (χ2v) is 18.6. The van der Waals surface area contributed by atoms with Crippen molar-refractivity contribution < 1.29 is 36.4 Å². The number of hydrogen-bond acceptors (Lipinski definition) is 12. The molecule has 2 aliphatic rings. The highest BCUT2D eigenvalue weighted by atomic mass is 32.2. The van der Waals surface area contributed by atoms with Gasteiger partial charge in [-0.05, 0) is 75.6 Å². The number of aromatic nitrogens is 2. The number of benzene rings is 3. The Kier molecular flexibility index (Phi) is 13.5. The first-order valence-electron chi connectivity index (χ1n) is 19.3. The van der Waals surface area contributed by atoms with Gasteiger partial charge in [0.05, 0.1) is 52.2 Å². The van der Waals surface area contributed by atoms with Crippen LogP contribution in [0.1, 0.15) is 62.6 Å². The molecule has 1 N–H and O–H groups in total. The van der Waals surface area contributed by atoms with Gasteiger partial charge in [0, 0.05) is 30.4 Å². The molecule has 316 valence electrons. The largest absolute Gasteiger partial charge is 0.497 e. The van der Waals surface area contributed by atoms with E-state index in [1.807, 2.05) is 111 Å². The van der Waals surface area contributed by atoms with Gasteiger partial charge in [-0.3, -0.25) is 14.3 Å². The van der Waals surface area contributed by atoms with Crippen molar-refractivity contribution in [2.75, 3.05) is 40.2 Å². The highest BCUT2D eigenvalue weighted by Crippen LogP contribution is 2.57. The number of aryl methyl sites for hydroxylation is 1. The molecule has 0 saturated carbocycles. The molecule has 3 aromatic carbocycles. The van der Waals surface area contributed by atoms with Crippen LogP contribution in [0.2, 0.25) is 0 Å². The lowest BCUT2D eigenvalue weighted by Crippen LogP contribution is -2.52. The Bertz CT molecular complexity index is 2280. The SMILES string of the molecule is COc1ccc(C(OC[C@@]23CN(S(C)(=O)=O)[C@@H]([C@H](n4cc(C)c(=O)[nH]c4=O)O2)[C@@H]3OP(OCCC#N)N(C(C)C)C(C)C)(c2ccccc2)c2ccc(OC)cc2)cc1. The number of ether oxygens (including phenoxy) is 4. The summed E-state index contributed by atoms with van der Waals surface area (Å²) in [6.45, 7) is 9.14. The topological polar surface area (TPSA) is 175 Å². The Morgan fingerprint density at radius 1 is 0.949 bits per heavy atom. The van der Waals surface area contributed by atoms with E-state index in [4.69, 9.17) is 28.0 Å². The molecular weight excluding hydrogens is 798 g/mol. The van der Waals surface area contributed by atoms with Gasteiger partial charge in [0.1, 0.15) is 28.8 Å². The zero-order chi connectivity index (χ0) is 42.7. The fourth-order valence-electron chi connectivity index (χ4n) is 7.98. The molecule has 59 heavy (non-hydrogen) atoms. The molecule has 1 aromatic heterocycles. The standard InChI is InChI=1S/C42H52N5O10PS/c1-28(2)47(29(3)4)58(55-24-12-23-43)57-37-36-39(45-25-30(5)38(48)44-40(45)49)56-41(37,26-46(36)59(8,50)51)27-54-42(31-13-10-9-11-14-31,32-15-19-34(52-6)20-16-32)33-17-21-35(53-7)22-18-33/h9-11,13-22,25,28-29,36-37,39H,12,24,26-27H2,1-8H3,(H,44,48,49)/t36-,37+,39-,41-,58?/m1/s1. The Morgan fingerprint density at radius 3 is 2.02 bits per heavy atom. The maximum atomic E-state index is 13.9. The molecular formula is C42H52N5O10PS.